The lowest BCUT2D eigenvalue weighted by Gasteiger charge is -2.07. The largest absolute Gasteiger partial charge is 0.315 e. The van der Waals surface area contributed by atoms with Crippen LogP contribution in [-0.2, 0) is 6.54 Å². The van der Waals surface area contributed by atoms with E-state index in [0.717, 1.165) is 13.1 Å². The summed E-state index contributed by atoms with van der Waals surface area (Å²) < 4.78 is 1.47. The molecule has 0 atom stereocenters. The number of nitrogens with zero attached hydrogens (tertiary/aromatic N) is 2. The van der Waals surface area contributed by atoms with Crippen LogP contribution in [-0.4, -0.2) is 22.9 Å². The zero-order valence-electron chi connectivity index (χ0n) is 8.73. The Balaban J connectivity index is 2.32. The topological polar surface area (TPSA) is 46.9 Å². The quantitative estimate of drug-likeness (QED) is 0.695. The number of nitrogens with one attached hydrogen (secondary N) is 1. The van der Waals surface area contributed by atoms with Crippen LogP contribution in [0.2, 0.25) is 0 Å². The van der Waals surface area contributed by atoms with E-state index >= 15 is 0 Å². The minimum atomic E-state index is -0.0427. The van der Waals surface area contributed by atoms with Crippen LogP contribution >= 0.6 is 0 Å². The first-order valence-corrected chi connectivity index (χ1v) is 4.93. The summed E-state index contributed by atoms with van der Waals surface area (Å²) in [6.07, 6.45) is 1.63. The maximum atomic E-state index is 11.2. The fraction of sp³-hybridized carbons (Fsp3) is 0.600. The van der Waals surface area contributed by atoms with E-state index in [9.17, 15) is 4.79 Å². The van der Waals surface area contributed by atoms with Crippen LogP contribution in [0.3, 0.4) is 0 Å². The normalized spacial score (nSPS) is 10.8. The van der Waals surface area contributed by atoms with Gasteiger partial charge in [-0.05, 0) is 18.5 Å². The number of rotatable bonds is 5. The lowest BCUT2D eigenvalue weighted by atomic mass is 10.2. The first-order valence-electron chi connectivity index (χ1n) is 4.93. The maximum Gasteiger partial charge on any atom is 0.266 e. The minimum Gasteiger partial charge on any atom is -0.315 e. The first-order chi connectivity index (χ1) is 6.70. The molecule has 0 spiro atoms. The second-order valence-corrected chi connectivity index (χ2v) is 3.68. The van der Waals surface area contributed by atoms with Crippen molar-refractivity contribution in [3.63, 3.8) is 0 Å². The standard InChI is InChI=1S/C10H17N3O/c1-9(2)8-11-6-7-13-10(14)4-3-5-12-13/h3-5,9,11H,6-8H2,1-2H3. The van der Waals surface area contributed by atoms with E-state index in [1.165, 1.54) is 10.7 Å². The molecule has 78 valence electrons. The van der Waals surface area contributed by atoms with Crippen LogP contribution in [0.5, 0.6) is 0 Å². The highest BCUT2D eigenvalue weighted by atomic mass is 16.1. The van der Waals surface area contributed by atoms with Gasteiger partial charge in [0, 0.05) is 18.8 Å². The summed E-state index contributed by atoms with van der Waals surface area (Å²) in [4.78, 5) is 11.2. The molecule has 0 aliphatic carbocycles. The fourth-order valence-electron chi connectivity index (χ4n) is 1.13. The van der Waals surface area contributed by atoms with Crippen LogP contribution in [0.4, 0.5) is 0 Å². The molecule has 1 rings (SSSR count). The van der Waals surface area contributed by atoms with E-state index in [1.54, 1.807) is 12.3 Å². The lowest BCUT2D eigenvalue weighted by Crippen LogP contribution is -2.29. The Labute approximate surface area is 84.0 Å². The van der Waals surface area contributed by atoms with Crippen molar-refractivity contribution >= 4 is 0 Å². The molecule has 0 aliphatic rings. The monoisotopic (exact) mass is 195 g/mol. The fourth-order valence-corrected chi connectivity index (χ4v) is 1.13. The Morgan fingerprint density at radius 1 is 1.57 bits per heavy atom. The van der Waals surface area contributed by atoms with Crippen molar-refractivity contribution in [2.75, 3.05) is 13.1 Å². The zero-order chi connectivity index (χ0) is 10.4. The number of hydrogen-bond acceptors (Lipinski definition) is 3. The average Bonchev–Trinajstić information content (AvgIpc) is 2.15. The van der Waals surface area contributed by atoms with Crippen LogP contribution in [0.25, 0.3) is 0 Å². The van der Waals surface area contributed by atoms with Gasteiger partial charge in [0.05, 0.1) is 6.54 Å². The molecule has 0 bridgehead atoms. The molecule has 0 unspecified atom stereocenters. The van der Waals surface area contributed by atoms with Crippen molar-refractivity contribution in [1.82, 2.24) is 15.1 Å². The molecule has 4 heteroatoms. The molecule has 4 nitrogen and oxygen atoms in total. The van der Waals surface area contributed by atoms with Gasteiger partial charge in [-0.25, -0.2) is 4.68 Å². The summed E-state index contributed by atoms with van der Waals surface area (Å²) in [5, 5.41) is 7.22. The summed E-state index contributed by atoms with van der Waals surface area (Å²) in [7, 11) is 0. The Hall–Kier alpha value is -1.16. The molecule has 14 heavy (non-hydrogen) atoms. The van der Waals surface area contributed by atoms with Crippen molar-refractivity contribution < 1.29 is 0 Å². The van der Waals surface area contributed by atoms with Gasteiger partial charge >= 0.3 is 0 Å². The predicted octanol–water partition coefficient (Wildman–Crippen LogP) is 0.489. The minimum absolute atomic E-state index is 0.0427. The highest BCUT2D eigenvalue weighted by Gasteiger charge is 1.95. The van der Waals surface area contributed by atoms with Crippen molar-refractivity contribution in [2.45, 2.75) is 20.4 Å². The number of aromatic nitrogens is 2. The molecule has 1 aromatic heterocycles. The summed E-state index contributed by atoms with van der Waals surface area (Å²) in [5.41, 5.74) is -0.0427. The van der Waals surface area contributed by atoms with E-state index in [2.05, 4.69) is 24.3 Å². The van der Waals surface area contributed by atoms with Gasteiger partial charge in [0.15, 0.2) is 0 Å². The first kappa shape index (κ1) is 10.9. The lowest BCUT2D eigenvalue weighted by molar-refractivity contribution is 0.494. The van der Waals surface area contributed by atoms with E-state index in [1.807, 2.05) is 0 Å². The maximum absolute atomic E-state index is 11.2. The van der Waals surface area contributed by atoms with Gasteiger partial charge in [-0.2, -0.15) is 5.10 Å². The van der Waals surface area contributed by atoms with Crippen molar-refractivity contribution in [2.24, 2.45) is 5.92 Å². The summed E-state index contributed by atoms with van der Waals surface area (Å²) in [5.74, 6) is 0.635. The van der Waals surface area contributed by atoms with Gasteiger partial charge in [-0.1, -0.05) is 13.8 Å². The van der Waals surface area contributed by atoms with E-state index in [4.69, 9.17) is 0 Å². The molecule has 0 aliphatic heterocycles. The molecule has 0 saturated heterocycles. The predicted molar refractivity (Wildman–Crippen MR) is 56.2 cm³/mol. The average molecular weight is 195 g/mol. The third kappa shape index (κ3) is 3.70. The van der Waals surface area contributed by atoms with Gasteiger partial charge in [0.1, 0.15) is 0 Å². The van der Waals surface area contributed by atoms with E-state index in [-0.39, 0.29) is 5.56 Å². The zero-order valence-corrected chi connectivity index (χ0v) is 8.73. The van der Waals surface area contributed by atoms with Gasteiger partial charge in [0.2, 0.25) is 0 Å². The molecular weight excluding hydrogens is 178 g/mol. The van der Waals surface area contributed by atoms with E-state index in [0.29, 0.717) is 12.5 Å². The molecule has 0 radical (unpaired) electrons. The smallest absolute Gasteiger partial charge is 0.266 e. The Bertz CT molecular complexity index is 319. The highest BCUT2D eigenvalue weighted by molar-refractivity contribution is 4.84. The van der Waals surface area contributed by atoms with Gasteiger partial charge in [0.25, 0.3) is 5.56 Å². The Kier molecular flexibility index (Phi) is 4.32. The Morgan fingerprint density at radius 2 is 2.36 bits per heavy atom. The second-order valence-electron chi connectivity index (χ2n) is 3.68. The molecule has 1 N–H and O–H groups in total. The molecular formula is C10H17N3O. The van der Waals surface area contributed by atoms with E-state index < -0.39 is 0 Å². The van der Waals surface area contributed by atoms with Crippen LogP contribution < -0.4 is 10.9 Å². The molecule has 1 heterocycles. The summed E-state index contributed by atoms with van der Waals surface area (Å²) >= 11 is 0. The second kappa shape index (κ2) is 5.54. The SMILES string of the molecule is CC(C)CNCCn1ncccc1=O. The molecule has 0 aromatic carbocycles. The Morgan fingerprint density at radius 3 is 3.00 bits per heavy atom. The molecule has 0 saturated carbocycles. The third-order valence-corrected chi connectivity index (χ3v) is 1.84. The molecule has 0 amide bonds. The van der Waals surface area contributed by atoms with Crippen molar-refractivity contribution in [3.8, 4) is 0 Å². The molecule has 1 aromatic rings. The van der Waals surface area contributed by atoms with Crippen LogP contribution in [0.1, 0.15) is 13.8 Å². The van der Waals surface area contributed by atoms with Gasteiger partial charge < -0.3 is 5.32 Å². The van der Waals surface area contributed by atoms with Gasteiger partial charge in [-0.15, -0.1) is 0 Å². The van der Waals surface area contributed by atoms with Gasteiger partial charge in [-0.3, -0.25) is 4.79 Å². The van der Waals surface area contributed by atoms with Crippen molar-refractivity contribution in [3.05, 3.63) is 28.7 Å². The highest BCUT2D eigenvalue weighted by Crippen LogP contribution is 1.86. The van der Waals surface area contributed by atoms with Crippen molar-refractivity contribution in [1.29, 1.82) is 0 Å². The number of hydrogen-bond donors (Lipinski definition) is 1. The molecule has 0 fully saturated rings. The van der Waals surface area contributed by atoms with Crippen LogP contribution in [0.15, 0.2) is 23.1 Å². The third-order valence-electron chi connectivity index (χ3n) is 1.84. The summed E-state index contributed by atoms with van der Waals surface area (Å²) in [6.45, 7) is 6.70. The van der Waals surface area contributed by atoms with Crippen LogP contribution in [0, 0.1) is 5.92 Å². The summed E-state index contributed by atoms with van der Waals surface area (Å²) in [6, 6.07) is 3.18.